The molecule has 32 heavy (non-hydrogen) atoms. The van der Waals surface area contributed by atoms with Gasteiger partial charge in [-0.15, -0.1) is 0 Å². The van der Waals surface area contributed by atoms with Gasteiger partial charge in [0, 0.05) is 11.9 Å². The highest BCUT2D eigenvalue weighted by Gasteiger charge is 2.26. The van der Waals surface area contributed by atoms with E-state index < -0.39 is 24.5 Å². The van der Waals surface area contributed by atoms with Gasteiger partial charge in [-0.05, 0) is 61.6 Å². The van der Waals surface area contributed by atoms with Crippen LogP contribution in [0.25, 0.3) is 22.6 Å². The standard InChI is InChI=1S/C24H23N3O5/c1-2-25-24(30)27-20(28)14-32-23(29)21-17-9-3-4-11-19(17)26-22-15(7-5-10-18(21)22)13-16-8-6-12-31-16/h3-4,6,8-9,11-13H,2,5,7,10,14H2,1H3,(H2,25,27,28,30). The molecule has 2 N–H and O–H groups in total. The molecule has 0 radical (unpaired) electrons. The molecule has 0 bridgehead atoms. The van der Waals surface area contributed by atoms with Crippen LogP contribution in [0.3, 0.4) is 0 Å². The van der Waals surface area contributed by atoms with Gasteiger partial charge >= 0.3 is 12.0 Å². The second-order valence-electron chi connectivity index (χ2n) is 7.35. The van der Waals surface area contributed by atoms with Gasteiger partial charge in [-0.25, -0.2) is 14.6 Å². The van der Waals surface area contributed by atoms with Crippen LogP contribution in [0, 0.1) is 0 Å². The number of hydrogen-bond donors (Lipinski definition) is 2. The van der Waals surface area contributed by atoms with Crippen molar-refractivity contribution in [2.75, 3.05) is 13.2 Å². The van der Waals surface area contributed by atoms with Crippen LogP contribution in [-0.2, 0) is 16.0 Å². The number of esters is 1. The fourth-order valence-electron chi connectivity index (χ4n) is 3.82. The number of nitrogens with one attached hydrogen (secondary N) is 2. The van der Waals surface area contributed by atoms with E-state index in [1.807, 2.05) is 42.5 Å². The average Bonchev–Trinajstić information content (AvgIpc) is 3.29. The summed E-state index contributed by atoms with van der Waals surface area (Å²) in [6, 6.07) is 10.4. The molecule has 8 nitrogen and oxygen atoms in total. The Balaban J connectivity index is 1.67. The smallest absolute Gasteiger partial charge is 0.339 e. The van der Waals surface area contributed by atoms with Gasteiger partial charge in [0.2, 0.25) is 0 Å². The molecule has 3 amide bonds. The first kappa shape index (κ1) is 21.3. The molecule has 164 valence electrons. The van der Waals surface area contributed by atoms with Crippen LogP contribution in [0.2, 0.25) is 0 Å². The lowest BCUT2D eigenvalue weighted by Gasteiger charge is -2.22. The molecule has 1 aliphatic carbocycles. The lowest BCUT2D eigenvalue weighted by molar-refractivity contribution is -0.123. The van der Waals surface area contributed by atoms with E-state index in [0.29, 0.717) is 35.2 Å². The summed E-state index contributed by atoms with van der Waals surface area (Å²) in [6.07, 6.45) is 5.87. The number of amides is 3. The first-order valence-corrected chi connectivity index (χ1v) is 10.5. The summed E-state index contributed by atoms with van der Waals surface area (Å²) >= 11 is 0. The van der Waals surface area contributed by atoms with Crippen LogP contribution < -0.4 is 10.6 Å². The number of carbonyl (C=O) groups excluding carboxylic acids is 3. The lowest BCUT2D eigenvalue weighted by atomic mass is 9.86. The number of rotatable bonds is 5. The Hall–Kier alpha value is -3.94. The van der Waals surface area contributed by atoms with Crippen molar-refractivity contribution in [3.63, 3.8) is 0 Å². The lowest BCUT2D eigenvalue weighted by Crippen LogP contribution is -2.41. The first-order chi connectivity index (χ1) is 15.6. The summed E-state index contributed by atoms with van der Waals surface area (Å²) < 4.78 is 10.7. The summed E-state index contributed by atoms with van der Waals surface area (Å²) in [6.45, 7) is 1.55. The third kappa shape index (κ3) is 4.54. The fraction of sp³-hybridized carbons (Fsp3) is 0.250. The van der Waals surface area contributed by atoms with Gasteiger partial charge in [0.05, 0.1) is 23.0 Å². The van der Waals surface area contributed by atoms with E-state index in [1.54, 1.807) is 13.2 Å². The maximum Gasteiger partial charge on any atom is 0.339 e. The number of benzene rings is 1. The number of fused-ring (bicyclic) bond motifs is 2. The zero-order chi connectivity index (χ0) is 22.5. The van der Waals surface area contributed by atoms with Gasteiger partial charge in [0.1, 0.15) is 5.76 Å². The van der Waals surface area contributed by atoms with Crippen LogP contribution in [0.1, 0.15) is 47.1 Å². The number of hydrogen-bond acceptors (Lipinski definition) is 6. The van der Waals surface area contributed by atoms with E-state index in [2.05, 4.69) is 10.6 Å². The van der Waals surface area contributed by atoms with Crippen LogP contribution in [0.5, 0.6) is 0 Å². The molecule has 4 rings (SSSR count). The normalized spacial score (nSPS) is 14.1. The van der Waals surface area contributed by atoms with Gasteiger partial charge in [-0.1, -0.05) is 18.2 Å². The largest absolute Gasteiger partial charge is 0.465 e. The van der Waals surface area contributed by atoms with Crippen molar-refractivity contribution >= 4 is 40.5 Å². The molecule has 0 aliphatic heterocycles. The molecule has 0 unspecified atom stereocenters. The highest BCUT2D eigenvalue weighted by atomic mass is 16.5. The van der Waals surface area contributed by atoms with Crippen molar-refractivity contribution < 1.29 is 23.5 Å². The number of furan rings is 1. The minimum absolute atomic E-state index is 0.377. The summed E-state index contributed by atoms with van der Waals surface area (Å²) in [5, 5.41) is 5.24. The Bertz CT molecular complexity index is 1200. The molecule has 2 aromatic heterocycles. The number of carbonyl (C=O) groups is 3. The van der Waals surface area contributed by atoms with Crippen LogP contribution >= 0.6 is 0 Å². The van der Waals surface area contributed by atoms with Gasteiger partial charge in [-0.3, -0.25) is 10.1 Å². The number of imide groups is 1. The predicted octanol–water partition coefficient (Wildman–Crippen LogP) is 3.71. The average molecular weight is 433 g/mol. The number of aromatic nitrogens is 1. The number of nitrogens with zero attached hydrogens (tertiary/aromatic N) is 1. The first-order valence-electron chi connectivity index (χ1n) is 10.5. The van der Waals surface area contributed by atoms with Crippen molar-refractivity contribution in [1.82, 2.24) is 15.6 Å². The van der Waals surface area contributed by atoms with Crippen molar-refractivity contribution in [2.45, 2.75) is 26.2 Å². The van der Waals surface area contributed by atoms with Gasteiger partial charge in [0.15, 0.2) is 6.61 Å². The Morgan fingerprint density at radius 2 is 2.00 bits per heavy atom. The zero-order valence-electron chi connectivity index (χ0n) is 17.6. The maximum atomic E-state index is 13.1. The fourth-order valence-corrected chi connectivity index (χ4v) is 3.82. The summed E-state index contributed by atoms with van der Waals surface area (Å²) in [5.74, 6) is -0.603. The Morgan fingerprint density at radius 1 is 1.16 bits per heavy atom. The van der Waals surface area contributed by atoms with Gasteiger partial charge in [-0.2, -0.15) is 0 Å². The molecule has 0 saturated carbocycles. The number of allylic oxidation sites excluding steroid dienone is 1. The minimum Gasteiger partial charge on any atom is -0.465 e. The third-order valence-electron chi connectivity index (χ3n) is 5.16. The summed E-state index contributed by atoms with van der Waals surface area (Å²) in [4.78, 5) is 41.4. The Morgan fingerprint density at radius 3 is 2.78 bits per heavy atom. The predicted molar refractivity (Wildman–Crippen MR) is 119 cm³/mol. The quantitative estimate of drug-likeness (QED) is 0.594. The number of urea groups is 1. The van der Waals surface area contributed by atoms with E-state index in [4.69, 9.17) is 14.1 Å². The van der Waals surface area contributed by atoms with E-state index in [0.717, 1.165) is 29.7 Å². The van der Waals surface area contributed by atoms with Crippen LogP contribution in [0.4, 0.5) is 4.79 Å². The molecule has 1 aliphatic rings. The topological polar surface area (TPSA) is 111 Å². The second kappa shape index (κ2) is 9.47. The van der Waals surface area contributed by atoms with Gasteiger partial charge in [0.25, 0.3) is 5.91 Å². The highest BCUT2D eigenvalue weighted by molar-refractivity contribution is 6.07. The molecule has 3 aromatic rings. The van der Waals surface area contributed by atoms with Crippen molar-refractivity contribution in [2.24, 2.45) is 0 Å². The Labute approximate surface area is 184 Å². The van der Waals surface area contributed by atoms with E-state index in [-0.39, 0.29) is 0 Å². The van der Waals surface area contributed by atoms with Gasteiger partial charge < -0.3 is 14.5 Å². The van der Waals surface area contributed by atoms with E-state index in [9.17, 15) is 14.4 Å². The molecule has 0 atom stereocenters. The minimum atomic E-state index is -0.699. The molecule has 0 spiro atoms. The summed E-state index contributed by atoms with van der Waals surface area (Å²) in [5.41, 5.74) is 3.58. The SMILES string of the molecule is CCNC(=O)NC(=O)COC(=O)c1c2c(nc3ccccc13)C(=Cc1ccco1)CCC2. The number of para-hydroxylation sites is 1. The monoisotopic (exact) mass is 433 g/mol. The van der Waals surface area contributed by atoms with E-state index in [1.165, 1.54) is 0 Å². The van der Waals surface area contributed by atoms with Crippen molar-refractivity contribution in [3.8, 4) is 0 Å². The summed E-state index contributed by atoms with van der Waals surface area (Å²) in [7, 11) is 0. The second-order valence-corrected chi connectivity index (χ2v) is 7.35. The molecular formula is C24H23N3O5. The highest BCUT2D eigenvalue weighted by Crippen LogP contribution is 2.36. The molecule has 0 saturated heterocycles. The molecular weight excluding hydrogens is 410 g/mol. The zero-order valence-corrected chi connectivity index (χ0v) is 17.6. The molecule has 2 heterocycles. The molecule has 0 fully saturated rings. The van der Waals surface area contributed by atoms with Crippen molar-refractivity contribution in [3.05, 3.63) is 65.2 Å². The number of pyridine rings is 1. The molecule has 1 aromatic carbocycles. The third-order valence-corrected chi connectivity index (χ3v) is 5.16. The van der Waals surface area contributed by atoms with Crippen LogP contribution in [0.15, 0.2) is 47.1 Å². The van der Waals surface area contributed by atoms with E-state index >= 15 is 0 Å². The van der Waals surface area contributed by atoms with Crippen LogP contribution in [-0.4, -0.2) is 36.0 Å². The maximum absolute atomic E-state index is 13.1. The van der Waals surface area contributed by atoms with Crippen molar-refractivity contribution in [1.29, 1.82) is 0 Å². The Kier molecular flexibility index (Phi) is 6.30. The molecule has 8 heteroatoms. The number of ether oxygens (including phenoxy) is 1.